The minimum atomic E-state index is -0.292. The third kappa shape index (κ3) is 4.05. The van der Waals surface area contributed by atoms with Crippen LogP contribution in [0.1, 0.15) is 42.1 Å². The van der Waals surface area contributed by atoms with Crippen LogP contribution >= 0.6 is 11.6 Å². The maximum absolute atomic E-state index is 13.2. The minimum absolute atomic E-state index is 0.195. The molecule has 1 atom stereocenters. The number of nitrogens with one attached hydrogen (secondary N) is 1. The van der Waals surface area contributed by atoms with E-state index in [-0.39, 0.29) is 11.2 Å². The third-order valence-corrected chi connectivity index (χ3v) is 5.20. The van der Waals surface area contributed by atoms with E-state index in [1.165, 1.54) is 0 Å². The molecule has 1 unspecified atom stereocenters. The van der Waals surface area contributed by atoms with E-state index in [0.717, 1.165) is 37.9 Å². The van der Waals surface area contributed by atoms with E-state index in [9.17, 15) is 4.79 Å². The zero-order valence-electron chi connectivity index (χ0n) is 14.6. The van der Waals surface area contributed by atoms with E-state index in [0.29, 0.717) is 22.9 Å². The van der Waals surface area contributed by atoms with Gasteiger partial charge in [-0.15, -0.1) is 0 Å². The molecule has 3 rings (SSSR count). The molecule has 1 saturated heterocycles. The van der Waals surface area contributed by atoms with Gasteiger partial charge in [0.25, 0.3) is 0 Å². The van der Waals surface area contributed by atoms with Crippen molar-refractivity contribution in [3.05, 3.63) is 64.7 Å². The average molecular weight is 358 g/mol. The number of ether oxygens (including phenoxy) is 1. The van der Waals surface area contributed by atoms with Crippen molar-refractivity contribution in [3.63, 3.8) is 0 Å². The Labute approximate surface area is 154 Å². The second-order valence-electron chi connectivity index (χ2n) is 6.71. The fourth-order valence-corrected chi connectivity index (χ4v) is 3.71. The van der Waals surface area contributed by atoms with Gasteiger partial charge in [0, 0.05) is 17.5 Å². The van der Waals surface area contributed by atoms with E-state index in [1.54, 1.807) is 12.1 Å². The normalized spacial score (nSPS) is 19.8. The molecule has 0 aliphatic carbocycles. The molecule has 1 fully saturated rings. The lowest BCUT2D eigenvalue weighted by atomic mass is 9.76. The summed E-state index contributed by atoms with van der Waals surface area (Å²) < 4.78 is 5.87. The fraction of sp³-hybridized carbons (Fsp3) is 0.381. The maximum Gasteiger partial charge on any atom is 0.170 e. The first-order chi connectivity index (χ1) is 12.1. The Morgan fingerprint density at radius 2 is 2.04 bits per heavy atom. The van der Waals surface area contributed by atoms with Crippen LogP contribution in [0.2, 0.25) is 5.02 Å². The number of carbonyl (C=O) groups excluding carboxylic acids is 1. The van der Waals surface area contributed by atoms with Gasteiger partial charge in [0.2, 0.25) is 0 Å². The molecule has 132 valence electrons. The van der Waals surface area contributed by atoms with Crippen molar-refractivity contribution < 1.29 is 9.53 Å². The minimum Gasteiger partial charge on any atom is -0.487 e. The van der Waals surface area contributed by atoms with Gasteiger partial charge in [-0.25, -0.2) is 0 Å². The summed E-state index contributed by atoms with van der Waals surface area (Å²) >= 11 is 6.27. The van der Waals surface area contributed by atoms with Crippen LogP contribution in [-0.4, -0.2) is 18.9 Å². The van der Waals surface area contributed by atoms with E-state index in [2.05, 4.69) is 12.2 Å². The fourth-order valence-electron chi connectivity index (χ4n) is 3.54. The Bertz CT molecular complexity index is 724. The number of halogens is 1. The molecule has 0 aromatic heterocycles. The van der Waals surface area contributed by atoms with Crippen LogP contribution in [0.25, 0.3) is 0 Å². The summed E-state index contributed by atoms with van der Waals surface area (Å²) in [5.41, 5.74) is 1.46. The standard InChI is InChI=1S/C21H24ClNO2/c1-2-10-21(11-12-23-15-21)20(24)17-8-9-18(22)19(13-17)25-14-16-6-4-3-5-7-16/h3-9,13,23H,2,10-12,14-15H2,1H3. The number of Topliss-reactive ketones (excluding diaryl/α,β-unsaturated/α-hetero) is 1. The molecule has 1 aliphatic heterocycles. The van der Waals surface area contributed by atoms with Crippen molar-refractivity contribution in [1.29, 1.82) is 0 Å². The summed E-state index contributed by atoms with van der Waals surface area (Å²) in [6.45, 7) is 4.21. The Hall–Kier alpha value is -1.84. The summed E-state index contributed by atoms with van der Waals surface area (Å²) in [5.74, 6) is 0.759. The molecular weight excluding hydrogens is 334 g/mol. The first-order valence-corrected chi connectivity index (χ1v) is 9.24. The predicted molar refractivity (Wildman–Crippen MR) is 101 cm³/mol. The molecule has 25 heavy (non-hydrogen) atoms. The van der Waals surface area contributed by atoms with Crippen molar-refractivity contribution in [2.45, 2.75) is 32.8 Å². The van der Waals surface area contributed by atoms with Crippen molar-refractivity contribution >= 4 is 17.4 Å². The zero-order valence-corrected chi connectivity index (χ0v) is 15.3. The molecule has 3 nitrogen and oxygen atoms in total. The van der Waals surface area contributed by atoms with Crippen LogP contribution in [0.15, 0.2) is 48.5 Å². The summed E-state index contributed by atoms with van der Waals surface area (Å²) in [4.78, 5) is 13.2. The van der Waals surface area contributed by atoms with Crippen LogP contribution < -0.4 is 10.1 Å². The highest BCUT2D eigenvalue weighted by Gasteiger charge is 2.40. The Kier molecular flexibility index (Phi) is 5.77. The van der Waals surface area contributed by atoms with Crippen LogP contribution in [0.3, 0.4) is 0 Å². The largest absolute Gasteiger partial charge is 0.487 e. The molecule has 2 aromatic rings. The highest BCUT2D eigenvalue weighted by atomic mass is 35.5. The number of hydrogen-bond acceptors (Lipinski definition) is 3. The molecule has 1 N–H and O–H groups in total. The third-order valence-electron chi connectivity index (χ3n) is 4.88. The lowest BCUT2D eigenvalue weighted by molar-refractivity contribution is 0.0801. The summed E-state index contributed by atoms with van der Waals surface area (Å²) in [5, 5.41) is 3.87. The van der Waals surface area contributed by atoms with Crippen molar-refractivity contribution in [2.75, 3.05) is 13.1 Å². The second kappa shape index (κ2) is 8.03. The van der Waals surface area contributed by atoms with Crippen molar-refractivity contribution in [2.24, 2.45) is 5.41 Å². The summed E-state index contributed by atoms with van der Waals surface area (Å²) in [6, 6.07) is 15.3. The quantitative estimate of drug-likeness (QED) is 0.717. The molecule has 0 spiro atoms. The molecule has 0 saturated carbocycles. The SMILES string of the molecule is CCCC1(C(=O)c2ccc(Cl)c(OCc3ccccc3)c2)CCNC1. The number of carbonyl (C=O) groups is 1. The number of benzene rings is 2. The average Bonchev–Trinajstić information content (AvgIpc) is 3.11. The van der Waals surface area contributed by atoms with Crippen LogP contribution in [-0.2, 0) is 6.61 Å². The molecule has 0 bridgehead atoms. The molecule has 2 aromatic carbocycles. The van der Waals surface area contributed by atoms with E-state index < -0.39 is 0 Å². The van der Waals surface area contributed by atoms with Gasteiger partial charge in [0.1, 0.15) is 12.4 Å². The van der Waals surface area contributed by atoms with Gasteiger partial charge in [0.15, 0.2) is 5.78 Å². The first-order valence-electron chi connectivity index (χ1n) is 8.86. The van der Waals surface area contributed by atoms with E-state index in [1.807, 2.05) is 36.4 Å². The lowest BCUT2D eigenvalue weighted by Crippen LogP contribution is -2.33. The van der Waals surface area contributed by atoms with Crippen LogP contribution in [0, 0.1) is 5.41 Å². The number of rotatable bonds is 7. The first kappa shape index (κ1) is 18.0. The number of ketones is 1. The van der Waals surface area contributed by atoms with Gasteiger partial charge < -0.3 is 10.1 Å². The topological polar surface area (TPSA) is 38.3 Å². The molecular formula is C21H24ClNO2. The van der Waals surface area contributed by atoms with Crippen molar-refractivity contribution in [3.8, 4) is 5.75 Å². The summed E-state index contributed by atoms with van der Waals surface area (Å²) in [7, 11) is 0. The Balaban J connectivity index is 1.79. The van der Waals surface area contributed by atoms with Gasteiger partial charge in [-0.2, -0.15) is 0 Å². The van der Waals surface area contributed by atoms with Crippen LogP contribution in [0.5, 0.6) is 5.75 Å². The zero-order chi connectivity index (χ0) is 17.7. The monoisotopic (exact) mass is 357 g/mol. The molecule has 4 heteroatoms. The van der Waals surface area contributed by atoms with Gasteiger partial charge in [-0.1, -0.05) is 55.3 Å². The van der Waals surface area contributed by atoms with Crippen molar-refractivity contribution in [1.82, 2.24) is 5.32 Å². The number of hydrogen-bond donors (Lipinski definition) is 1. The summed E-state index contributed by atoms with van der Waals surface area (Å²) in [6.07, 6.45) is 2.79. The van der Waals surface area contributed by atoms with Gasteiger partial charge in [-0.3, -0.25) is 4.79 Å². The predicted octanol–water partition coefficient (Wildman–Crippen LogP) is 4.88. The smallest absolute Gasteiger partial charge is 0.170 e. The highest BCUT2D eigenvalue weighted by Crippen LogP contribution is 2.36. The molecule has 1 heterocycles. The van der Waals surface area contributed by atoms with Gasteiger partial charge >= 0.3 is 0 Å². The highest BCUT2D eigenvalue weighted by molar-refractivity contribution is 6.32. The maximum atomic E-state index is 13.2. The van der Waals surface area contributed by atoms with Gasteiger partial charge in [-0.05, 0) is 43.1 Å². The van der Waals surface area contributed by atoms with E-state index >= 15 is 0 Å². The molecule has 0 amide bonds. The Morgan fingerprint density at radius 1 is 1.24 bits per heavy atom. The van der Waals surface area contributed by atoms with Crippen LogP contribution in [0.4, 0.5) is 0 Å². The molecule has 1 aliphatic rings. The van der Waals surface area contributed by atoms with E-state index in [4.69, 9.17) is 16.3 Å². The second-order valence-corrected chi connectivity index (χ2v) is 7.11. The molecule has 0 radical (unpaired) electrons. The lowest BCUT2D eigenvalue weighted by Gasteiger charge is -2.26. The van der Waals surface area contributed by atoms with Gasteiger partial charge in [0.05, 0.1) is 5.02 Å². The Morgan fingerprint density at radius 3 is 2.72 bits per heavy atom.